The van der Waals surface area contributed by atoms with Crippen LogP contribution >= 0.6 is 0 Å². The summed E-state index contributed by atoms with van der Waals surface area (Å²) in [6, 6.07) is 3.08. The van der Waals surface area contributed by atoms with E-state index in [1.54, 1.807) is 43.2 Å². The van der Waals surface area contributed by atoms with Crippen molar-refractivity contribution in [2.75, 3.05) is 0 Å². The van der Waals surface area contributed by atoms with Gasteiger partial charge in [-0.25, -0.2) is 9.37 Å². The minimum absolute atomic E-state index is 0.306. The van der Waals surface area contributed by atoms with Crippen molar-refractivity contribution in [3.8, 4) is 5.69 Å². The molecule has 3 nitrogen and oxygen atoms in total. The molecule has 1 heterocycles. The van der Waals surface area contributed by atoms with Gasteiger partial charge in [0.05, 0.1) is 18.1 Å². The van der Waals surface area contributed by atoms with Gasteiger partial charge in [-0.2, -0.15) is 0 Å². The molecule has 1 aromatic carbocycles. The monoisotopic (exact) mass is 220 g/mol. The molecule has 0 aliphatic heterocycles. The Bertz CT molecular complexity index is 492. The Morgan fingerprint density at radius 3 is 2.75 bits per heavy atom. The van der Waals surface area contributed by atoms with Crippen LogP contribution in [0, 0.1) is 12.7 Å². The Labute approximate surface area is 93.2 Å². The zero-order chi connectivity index (χ0) is 11.7. The Kier molecular flexibility index (Phi) is 2.75. The lowest BCUT2D eigenvalue weighted by molar-refractivity contribution is 0.198. The summed E-state index contributed by atoms with van der Waals surface area (Å²) >= 11 is 0. The summed E-state index contributed by atoms with van der Waals surface area (Å²) in [4.78, 5) is 3.94. The molecule has 0 radical (unpaired) electrons. The van der Waals surface area contributed by atoms with Gasteiger partial charge in [-0.05, 0) is 31.5 Å². The molecule has 0 aliphatic rings. The number of halogens is 1. The van der Waals surface area contributed by atoms with Crippen LogP contribution in [0.5, 0.6) is 0 Å². The summed E-state index contributed by atoms with van der Waals surface area (Å²) in [5.41, 5.74) is 1.86. The van der Waals surface area contributed by atoms with Gasteiger partial charge in [0.1, 0.15) is 5.82 Å². The number of nitrogens with zero attached hydrogens (tertiary/aromatic N) is 2. The SMILES string of the molecule is Cc1cc(-n2ccnc2)c([C@@H](C)O)cc1F. The number of aromatic nitrogens is 2. The maximum Gasteiger partial charge on any atom is 0.126 e. The van der Waals surface area contributed by atoms with E-state index in [2.05, 4.69) is 4.98 Å². The smallest absolute Gasteiger partial charge is 0.126 e. The third-order valence-electron chi connectivity index (χ3n) is 2.54. The van der Waals surface area contributed by atoms with Crippen molar-refractivity contribution in [1.29, 1.82) is 0 Å². The summed E-state index contributed by atoms with van der Waals surface area (Å²) in [6.45, 7) is 3.31. The topological polar surface area (TPSA) is 38.0 Å². The molecule has 1 N–H and O–H groups in total. The van der Waals surface area contributed by atoms with Crippen LogP contribution in [0.4, 0.5) is 4.39 Å². The first-order valence-electron chi connectivity index (χ1n) is 5.06. The fourth-order valence-electron chi connectivity index (χ4n) is 1.64. The summed E-state index contributed by atoms with van der Waals surface area (Å²) in [5, 5.41) is 9.62. The average molecular weight is 220 g/mol. The first-order chi connectivity index (χ1) is 7.59. The molecule has 16 heavy (non-hydrogen) atoms. The maximum absolute atomic E-state index is 13.4. The zero-order valence-corrected chi connectivity index (χ0v) is 9.18. The number of imidazole rings is 1. The van der Waals surface area contributed by atoms with Gasteiger partial charge in [-0.3, -0.25) is 0 Å². The van der Waals surface area contributed by atoms with E-state index >= 15 is 0 Å². The first-order valence-corrected chi connectivity index (χ1v) is 5.06. The number of aliphatic hydroxyl groups is 1. The Morgan fingerprint density at radius 1 is 1.44 bits per heavy atom. The van der Waals surface area contributed by atoms with E-state index in [4.69, 9.17) is 0 Å². The lowest BCUT2D eigenvalue weighted by atomic mass is 10.0. The molecule has 0 bridgehead atoms. The fourth-order valence-corrected chi connectivity index (χ4v) is 1.64. The highest BCUT2D eigenvalue weighted by molar-refractivity contribution is 5.45. The molecule has 0 fully saturated rings. The first kappa shape index (κ1) is 10.8. The third kappa shape index (κ3) is 1.84. The number of benzene rings is 1. The summed E-state index contributed by atoms with van der Waals surface area (Å²) in [6.07, 6.45) is 4.31. The quantitative estimate of drug-likeness (QED) is 0.843. The molecule has 84 valence electrons. The predicted octanol–water partition coefficient (Wildman–Crippen LogP) is 2.37. The van der Waals surface area contributed by atoms with Crippen molar-refractivity contribution in [3.05, 3.63) is 47.8 Å². The molecule has 0 unspecified atom stereocenters. The molecule has 2 aromatic rings. The number of aryl methyl sites for hydroxylation is 1. The van der Waals surface area contributed by atoms with Crippen LogP contribution in [0.15, 0.2) is 30.9 Å². The molecule has 0 saturated carbocycles. The largest absolute Gasteiger partial charge is 0.389 e. The standard InChI is InChI=1S/C12H13FN2O/c1-8-5-12(15-4-3-14-7-15)10(9(2)16)6-11(8)13/h3-7,9,16H,1-2H3/t9-/m1/s1. The van der Waals surface area contributed by atoms with Gasteiger partial charge in [0, 0.05) is 18.0 Å². The maximum atomic E-state index is 13.4. The summed E-state index contributed by atoms with van der Waals surface area (Å²) in [5.74, 6) is -0.306. The summed E-state index contributed by atoms with van der Waals surface area (Å²) < 4.78 is 15.2. The van der Waals surface area contributed by atoms with Gasteiger partial charge in [0.15, 0.2) is 0 Å². The van der Waals surface area contributed by atoms with Crippen molar-refractivity contribution < 1.29 is 9.50 Å². The number of rotatable bonds is 2. The Balaban J connectivity index is 2.63. The van der Waals surface area contributed by atoms with Crippen molar-refractivity contribution in [3.63, 3.8) is 0 Å². The van der Waals surface area contributed by atoms with Crippen LogP contribution in [-0.4, -0.2) is 14.7 Å². The lowest BCUT2D eigenvalue weighted by Gasteiger charge is -2.14. The van der Waals surface area contributed by atoms with E-state index in [9.17, 15) is 9.50 Å². The fraction of sp³-hybridized carbons (Fsp3) is 0.250. The minimum atomic E-state index is -0.715. The second kappa shape index (κ2) is 4.06. The van der Waals surface area contributed by atoms with E-state index in [1.807, 2.05) is 0 Å². The number of aliphatic hydroxyl groups excluding tert-OH is 1. The lowest BCUT2D eigenvalue weighted by Crippen LogP contribution is -2.03. The molecule has 2 rings (SSSR count). The second-order valence-electron chi connectivity index (χ2n) is 3.81. The minimum Gasteiger partial charge on any atom is -0.389 e. The normalized spacial score (nSPS) is 12.8. The van der Waals surface area contributed by atoms with Crippen LogP contribution < -0.4 is 0 Å². The summed E-state index contributed by atoms with van der Waals surface area (Å²) in [7, 11) is 0. The highest BCUT2D eigenvalue weighted by Gasteiger charge is 2.12. The van der Waals surface area contributed by atoms with Crippen LogP contribution in [0.2, 0.25) is 0 Å². The molecule has 0 spiro atoms. The molecule has 1 atom stereocenters. The van der Waals surface area contributed by atoms with E-state index in [0.29, 0.717) is 11.1 Å². The second-order valence-corrected chi connectivity index (χ2v) is 3.81. The number of hydrogen-bond donors (Lipinski definition) is 1. The van der Waals surface area contributed by atoms with Crippen LogP contribution in [-0.2, 0) is 0 Å². The van der Waals surface area contributed by atoms with Gasteiger partial charge in [0.25, 0.3) is 0 Å². The highest BCUT2D eigenvalue weighted by Crippen LogP contribution is 2.24. The zero-order valence-electron chi connectivity index (χ0n) is 9.18. The van der Waals surface area contributed by atoms with E-state index in [1.165, 1.54) is 6.07 Å². The molecule has 0 saturated heterocycles. The van der Waals surface area contributed by atoms with Crippen LogP contribution in [0.1, 0.15) is 24.2 Å². The van der Waals surface area contributed by atoms with Crippen LogP contribution in [0.3, 0.4) is 0 Å². The third-order valence-corrected chi connectivity index (χ3v) is 2.54. The Hall–Kier alpha value is -1.68. The molecule has 1 aromatic heterocycles. The predicted molar refractivity (Wildman–Crippen MR) is 58.9 cm³/mol. The van der Waals surface area contributed by atoms with Crippen LogP contribution in [0.25, 0.3) is 5.69 Å². The average Bonchev–Trinajstić information content (AvgIpc) is 2.74. The molecule has 4 heteroatoms. The van der Waals surface area contributed by atoms with Gasteiger partial charge in [0.2, 0.25) is 0 Å². The Morgan fingerprint density at radius 2 is 2.19 bits per heavy atom. The van der Waals surface area contributed by atoms with E-state index in [0.717, 1.165) is 5.69 Å². The van der Waals surface area contributed by atoms with Crippen molar-refractivity contribution in [1.82, 2.24) is 9.55 Å². The molecular formula is C12H13FN2O. The van der Waals surface area contributed by atoms with Gasteiger partial charge >= 0.3 is 0 Å². The van der Waals surface area contributed by atoms with Crippen molar-refractivity contribution in [2.24, 2.45) is 0 Å². The molecular weight excluding hydrogens is 207 g/mol. The molecule has 0 aliphatic carbocycles. The van der Waals surface area contributed by atoms with Crippen molar-refractivity contribution in [2.45, 2.75) is 20.0 Å². The van der Waals surface area contributed by atoms with Gasteiger partial charge in [-0.15, -0.1) is 0 Å². The molecule has 0 amide bonds. The van der Waals surface area contributed by atoms with E-state index < -0.39 is 6.10 Å². The van der Waals surface area contributed by atoms with Crippen molar-refractivity contribution >= 4 is 0 Å². The highest BCUT2D eigenvalue weighted by atomic mass is 19.1. The van der Waals surface area contributed by atoms with Gasteiger partial charge < -0.3 is 9.67 Å². The van der Waals surface area contributed by atoms with Gasteiger partial charge in [-0.1, -0.05) is 0 Å². The number of hydrogen-bond acceptors (Lipinski definition) is 2. The van der Waals surface area contributed by atoms with E-state index in [-0.39, 0.29) is 5.82 Å².